The average molecular weight is 672 g/mol. The normalized spacial score (nSPS) is 18.3. The maximum Gasteiger partial charge on any atom is 0.417 e. The fraction of sp³-hybridized carbons (Fsp3) is 0.300. The third kappa shape index (κ3) is 6.40. The molecule has 2 aromatic carbocycles. The Morgan fingerprint density at radius 2 is 1.77 bits per heavy atom. The molecular weight excluding hydrogens is 647 g/mol. The van der Waals surface area contributed by atoms with Gasteiger partial charge in [0.1, 0.15) is 17.6 Å². The third-order valence-corrected chi connectivity index (χ3v) is 8.21. The van der Waals surface area contributed by atoms with Gasteiger partial charge in [0, 0.05) is 44.5 Å². The molecule has 1 unspecified atom stereocenters. The molecule has 0 saturated carbocycles. The van der Waals surface area contributed by atoms with Crippen LogP contribution in [0.2, 0.25) is 5.02 Å². The number of nitrogens with one attached hydrogen (secondary N) is 2. The zero-order valence-corrected chi connectivity index (χ0v) is 25.1. The van der Waals surface area contributed by atoms with E-state index in [1.54, 1.807) is 4.90 Å². The molecule has 17 heteroatoms. The first kappa shape index (κ1) is 31.7. The molecule has 3 aliphatic heterocycles. The van der Waals surface area contributed by atoms with E-state index in [2.05, 4.69) is 20.6 Å². The maximum absolute atomic E-state index is 13.3. The number of halogens is 4. The molecule has 3 aromatic rings. The number of carbonyl (C=O) groups excluding carboxylic acids is 5. The van der Waals surface area contributed by atoms with Gasteiger partial charge in [-0.2, -0.15) is 18.2 Å². The number of ether oxygens (including phenoxy) is 1. The number of imide groups is 2. The molecule has 2 fully saturated rings. The minimum absolute atomic E-state index is 0.00348. The Morgan fingerprint density at radius 1 is 1.02 bits per heavy atom. The van der Waals surface area contributed by atoms with Crippen LogP contribution in [0.25, 0.3) is 0 Å². The highest BCUT2D eigenvalue weighted by molar-refractivity contribution is 6.31. The van der Waals surface area contributed by atoms with Crippen LogP contribution >= 0.6 is 11.6 Å². The van der Waals surface area contributed by atoms with Crippen molar-refractivity contribution < 1.29 is 41.9 Å². The van der Waals surface area contributed by atoms with E-state index in [1.165, 1.54) is 42.6 Å². The summed E-state index contributed by atoms with van der Waals surface area (Å²) >= 11 is 5.75. The number of carbonyl (C=O) groups is 5. The zero-order chi connectivity index (χ0) is 33.5. The van der Waals surface area contributed by atoms with Crippen molar-refractivity contribution in [1.29, 1.82) is 0 Å². The first-order chi connectivity index (χ1) is 22.4. The molecule has 0 spiro atoms. The number of aromatic nitrogens is 2. The lowest BCUT2D eigenvalue weighted by Gasteiger charge is -2.36. The van der Waals surface area contributed by atoms with E-state index in [9.17, 15) is 37.1 Å². The van der Waals surface area contributed by atoms with Gasteiger partial charge in [0.2, 0.25) is 17.8 Å². The van der Waals surface area contributed by atoms with E-state index in [4.69, 9.17) is 16.3 Å². The van der Waals surface area contributed by atoms with Gasteiger partial charge in [0.05, 0.1) is 21.7 Å². The van der Waals surface area contributed by atoms with E-state index >= 15 is 0 Å². The van der Waals surface area contributed by atoms with Crippen molar-refractivity contribution in [2.45, 2.75) is 25.1 Å². The molecule has 1 atom stereocenters. The lowest BCUT2D eigenvalue weighted by molar-refractivity contribution is -0.138. The molecule has 2 saturated heterocycles. The first-order valence-corrected chi connectivity index (χ1v) is 14.8. The molecule has 5 amide bonds. The number of hydrogen-bond donors (Lipinski definition) is 2. The predicted octanol–water partition coefficient (Wildman–Crippen LogP) is 2.89. The topological polar surface area (TPSA) is 154 Å². The van der Waals surface area contributed by atoms with Crippen LogP contribution in [0, 0.1) is 0 Å². The van der Waals surface area contributed by atoms with Crippen molar-refractivity contribution in [2.75, 3.05) is 47.9 Å². The molecule has 2 N–H and O–H groups in total. The van der Waals surface area contributed by atoms with Crippen molar-refractivity contribution in [3.05, 3.63) is 70.4 Å². The number of alkyl halides is 3. The minimum Gasteiger partial charge on any atom is -0.483 e. The van der Waals surface area contributed by atoms with Crippen LogP contribution in [0.1, 0.15) is 39.1 Å². The summed E-state index contributed by atoms with van der Waals surface area (Å²) in [7, 11) is 0. The second-order valence-electron chi connectivity index (χ2n) is 10.8. The smallest absolute Gasteiger partial charge is 0.417 e. The second kappa shape index (κ2) is 12.5. The number of amides is 5. The van der Waals surface area contributed by atoms with Crippen LogP contribution in [-0.2, 0) is 20.6 Å². The summed E-state index contributed by atoms with van der Waals surface area (Å²) in [6, 6.07) is 8.41. The Balaban J connectivity index is 1.06. The largest absolute Gasteiger partial charge is 0.483 e. The molecule has 1 aromatic heterocycles. The number of benzene rings is 2. The van der Waals surface area contributed by atoms with Gasteiger partial charge in [-0.05, 0) is 42.8 Å². The van der Waals surface area contributed by atoms with Gasteiger partial charge in [-0.15, -0.1) is 0 Å². The number of fused-ring (bicyclic) bond motifs is 1. The predicted molar refractivity (Wildman–Crippen MR) is 160 cm³/mol. The van der Waals surface area contributed by atoms with Crippen molar-refractivity contribution >= 4 is 58.6 Å². The van der Waals surface area contributed by atoms with Gasteiger partial charge in [0.25, 0.3) is 17.7 Å². The lowest BCUT2D eigenvalue weighted by Crippen LogP contribution is -2.54. The summed E-state index contributed by atoms with van der Waals surface area (Å²) in [5, 5.41) is 4.35. The van der Waals surface area contributed by atoms with Crippen molar-refractivity contribution in [1.82, 2.24) is 20.2 Å². The zero-order valence-electron chi connectivity index (χ0n) is 24.3. The maximum atomic E-state index is 13.3. The Labute approximate surface area is 269 Å². The highest BCUT2D eigenvalue weighted by Crippen LogP contribution is 2.37. The van der Waals surface area contributed by atoms with Gasteiger partial charge in [-0.1, -0.05) is 17.7 Å². The molecule has 0 bridgehead atoms. The number of rotatable bonds is 7. The highest BCUT2D eigenvalue weighted by Gasteiger charge is 2.46. The summed E-state index contributed by atoms with van der Waals surface area (Å²) in [6.45, 7) is 1.01. The molecule has 13 nitrogen and oxygen atoms in total. The van der Waals surface area contributed by atoms with Crippen LogP contribution < -0.4 is 25.2 Å². The minimum atomic E-state index is -4.57. The van der Waals surface area contributed by atoms with Crippen molar-refractivity contribution in [3.8, 4) is 5.75 Å². The van der Waals surface area contributed by atoms with E-state index < -0.39 is 53.9 Å². The van der Waals surface area contributed by atoms with Gasteiger partial charge in [-0.25, -0.2) is 4.98 Å². The van der Waals surface area contributed by atoms with Crippen LogP contribution in [0.5, 0.6) is 5.75 Å². The first-order valence-electron chi connectivity index (χ1n) is 14.4. The molecule has 3 aliphatic rings. The summed E-state index contributed by atoms with van der Waals surface area (Å²) < 4.78 is 45.5. The Morgan fingerprint density at radius 3 is 2.49 bits per heavy atom. The molecule has 0 aliphatic carbocycles. The number of piperidine rings is 1. The molecule has 244 valence electrons. The summed E-state index contributed by atoms with van der Waals surface area (Å²) in [4.78, 5) is 76.0. The van der Waals surface area contributed by atoms with Gasteiger partial charge in [0.15, 0.2) is 6.61 Å². The number of anilines is 3. The summed E-state index contributed by atoms with van der Waals surface area (Å²) in [5.41, 5.74) is -0.593. The van der Waals surface area contributed by atoms with Crippen LogP contribution in [0.15, 0.2) is 48.7 Å². The summed E-state index contributed by atoms with van der Waals surface area (Å²) in [6.07, 6.45) is -3.16. The number of nitrogens with zero attached hydrogens (tertiary/aromatic N) is 5. The van der Waals surface area contributed by atoms with Crippen LogP contribution in [0.4, 0.5) is 30.6 Å². The van der Waals surface area contributed by atoms with E-state index in [1.807, 2.05) is 4.90 Å². The van der Waals surface area contributed by atoms with E-state index in [-0.39, 0.29) is 40.6 Å². The molecule has 0 radical (unpaired) electrons. The Hall–Kier alpha value is -5.25. The average Bonchev–Trinajstić information content (AvgIpc) is 3.29. The number of hydrogen-bond acceptors (Lipinski definition) is 10. The lowest BCUT2D eigenvalue weighted by atomic mass is 10.0. The molecule has 4 heterocycles. The van der Waals surface area contributed by atoms with Gasteiger partial charge in [-0.3, -0.25) is 34.2 Å². The molecular formula is C30H25ClF3N7O6. The van der Waals surface area contributed by atoms with Crippen LogP contribution in [-0.4, -0.2) is 83.2 Å². The highest BCUT2D eigenvalue weighted by atomic mass is 35.5. The second-order valence-corrected chi connectivity index (χ2v) is 11.2. The van der Waals surface area contributed by atoms with Crippen LogP contribution in [0.3, 0.4) is 0 Å². The standard InChI is InChI=1S/C30H25ClF3N7O6/c31-19-5-4-16(14-18(19)30(32,33)34)39-10-12-40(13-11-39)29-35-9-8-22(37-29)36-24(43)15-47-21-3-1-2-17-25(21)28(46)41(27(17)45)20-6-7-23(42)38-26(20)44/h1-5,8-9,14,20H,6-7,10-13,15H2,(H,38,42,44)(H,35,36,37,43). The Kier molecular flexibility index (Phi) is 8.44. The van der Waals surface area contributed by atoms with Crippen molar-refractivity contribution in [3.63, 3.8) is 0 Å². The summed E-state index contributed by atoms with van der Waals surface area (Å²) in [5.74, 6) is -2.91. The van der Waals surface area contributed by atoms with Gasteiger partial charge >= 0.3 is 6.18 Å². The van der Waals surface area contributed by atoms with Crippen molar-refractivity contribution in [2.24, 2.45) is 0 Å². The molecule has 6 rings (SSSR count). The van der Waals surface area contributed by atoms with Gasteiger partial charge < -0.3 is 19.9 Å². The number of piperazine rings is 1. The Bertz CT molecular complexity index is 1800. The SMILES string of the molecule is O=C1CCC(N2C(=O)c3cccc(OCC(=O)Nc4ccnc(N5CCN(c6ccc(Cl)c(C(F)(F)F)c6)CC5)n4)c3C2=O)C(=O)N1. The van der Waals surface area contributed by atoms with E-state index in [0.29, 0.717) is 37.8 Å². The quantitative estimate of drug-likeness (QED) is 0.359. The third-order valence-electron chi connectivity index (χ3n) is 7.88. The fourth-order valence-corrected chi connectivity index (χ4v) is 5.81. The monoisotopic (exact) mass is 671 g/mol. The fourth-order valence-electron chi connectivity index (χ4n) is 5.59. The molecule has 47 heavy (non-hydrogen) atoms. The van der Waals surface area contributed by atoms with E-state index in [0.717, 1.165) is 11.0 Å².